The smallest absolute Gasteiger partial charge is 0.423 e. The molecule has 0 aliphatic heterocycles. The molecule has 0 aromatic carbocycles. The number of halogens is 1. The Hall–Kier alpha value is -1.38. The first-order valence-corrected chi connectivity index (χ1v) is 3.14. The van der Waals surface area contributed by atoms with Crippen LogP contribution in [0.15, 0.2) is 12.3 Å². The zero-order valence-corrected chi connectivity index (χ0v) is 6.03. The topological polar surface area (TPSA) is 53.4 Å². The first kappa shape index (κ1) is 8.72. The highest BCUT2D eigenvalue weighted by Gasteiger charge is 2.20. The SMILES string of the molecule is C#Cc1ccnc(F)c1B(O)O. The van der Waals surface area contributed by atoms with Crippen molar-refractivity contribution in [2.75, 3.05) is 0 Å². The highest BCUT2D eigenvalue weighted by Crippen LogP contribution is 1.96. The Morgan fingerprint density at radius 2 is 2.25 bits per heavy atom. The van der Waals surface area contributed by atoms with E-state index >= 15 is 0 Å². The van der Waals surface area contributed by atoms with Gasteiger partial charge in [-0.05, 0) is 6.07 Å². The lowest BCUT2D eigenvalue weighted by Crippen LogP contribution is -2.35. The Morgan fingerprint density at radius 3 is 2.67 bits per heavy atom. The number of pyridine rings is 1. The molecule has 0 fully saturated rings. The van der Waals surface area contributed by atoms with Crippen molar-refractivity contribution < 1.29 is 14.4 Å². The molecule has 0 unspecified atom stereocenters. The van der Waals surface area contributed by atoms with Gasteiger partial charge in [-0.1, -0.05) is 5.92 Å². The van der Waals surface area contributed by atoms with Crippen LogP contribution in [0.5, 0.6) is 0 Å². The number of aromatic nitrogens is 1. The molecule has 1 aromatic heterocycles. The predicted octanol–water partition coefficient (Wildman–Crippen LogP) is -1.12. The summed E-state index contributed by atoms with van der Waals surface area (Å²) in [5.41, 5.74) is -0.266. The minimum Gasteiger partial charge on any atom is -0.423 e. The Bertz CT molecular complexity index is 335. The fourth-order valence-electron chi connectivity index (χ4n) is 0.819. The molecule has 0 spiro atoms. The third-order valence-electron chi connectivity index (χ3n) is 1.36. The van der Waals surface area contributed by atoms with Crippen LogP contribution in [0.1, 0.15) is 5.56 Å². The molecule has 2 N–H and O–H groups in total. The minimum atomic E-state index is -1.93. The molecule has 0 aliphatic rings. The highest BCUT2D eigenvalue weighted by atomic mass is 19.1. The molecule has 0 atom stereocenters. The lowest BCUT2D eigenvalue weighted by Gasteiger charge is -2.02. The Morgan fingerprint density at radius 1 is 1.58 bits per heavy atom. The molecule has 0 amide bonds. The van der Waals surface area contributed by atoms with E-state index in [9.17, 15) is 4.39 Å². The summed E-state index contributed by atoms with van der Waals surface area (Å²) < 4.78 is 12.8. The summed E-state index contributed by atoms with van der Waals surface area (Å²) >= 11 is 0. The van der Waals surface area contributed by atoms with E-state index in [4.69, 9.17) is 16.5 Å². The second kappa shape index (κ2) is 3.35. The summed E-state index contributed by atoms with van der Waals surface area (Å²) in [4.78, 5) is 3.23. The van der Waals surface area contributed by atoms with Crippen LogP contribution in [0.4, 0.5) is 4.39 Å². The van der Waals surface area contributed by atoms with Gasteiger partial charge in [0.2, 0.25) is 5.95 Å². The molecule has 0 saturated heterocycles. The Labute approximate surface area is 69.0 Å². The highest BCUT2D eigenvalue weighted by molar-refractivity contribution is 6.59. The minimum absolute atomic E-state index is 0.0949. The summed E-state index contributed by atoms with van der Waals surface area (Å²) in [5.74, 6) is 1.16. The van der Waals surface area contributed by atoms with Gasteiger partial charge in [0, 0.05) is 11.8 Å². The largest absolute Gasteiger partial charge is 0.494 e. The number of terminal acetylenes is 1. The average Bonchev–Trinajstić information content (AvgIpc) is 2.03. The van der Waals surface area contributed by atoms with Crippen LogP contribution in [0.25, 0.3) is 0 Å². The van der Waals surface area contributed by atoms with E-state index in [1.54, 1.807) is 0 Å². The maximum atomic E-state index is 12.8. The van der Waals surface area contributed by atoms with E-state index < -0.39 is 13.1 Å². The molecule has 1 rings (SSSR count). The van der Waals surface area contributed by atoms with Gasteiger partial charge in [-0.3, -0.25) is 0 Å². The Balaban J connectivity index is 3.32. The van der Waals surface area contributed by atoms with Gasteiger partial charge >= 0.3 is 7.12 Å². The third kappa shape index (κ3) is 1.45. The van der Waals surface area contributed by atoms with Crippen molar-refractivity contribution in [3.63, 3.8) is 0 Å². The van der Waals surface area contributed by atoms with Crippen molar-refractivity contribution in [2.24, 2.45) is 0 Å². The molecule has 5 heteroatoms. The molecule has 60 valence electrons. The molecule has 0 aliphatic carbocycles. The lowest BCUT2D eigenvalue weighted by atomic mass is 9.78. The maximum Gasteiger partial charge on any atom is 0.494 e. The number of hydrogen-bond acceptors (Lipinski definition) is 3. The van der Waals surface area contributed by atoms with Gasteiger partial charge < -0.3 is 10.0 Å². The van der Waals surface area contributed by atoms with Crippen LogP contribution >= 0.6 is 0 Å². The fourth-order valence-corrected chi connectivity index (χ4v) is 0.819. The van der Waals surface area contributed by atoms with Crippen molar-refractivity contribution in [1.82, 2.24) is 4.98 Å². The van der Waals surface area contributed by atoms with Gasteiger partial charge in [0.05, 0.1) is 5.46 Å². The second-order valence-electron chi connectivity index (χ2n) is 2.08. The monoisotopic (exact) mass is 165 g/mol. The summed E-state index contributed by atoms with van der Waals surface area (Å²) in [6, 6.07) is 1.33. The van der Waals surface area contributed by atoms with Crippen molar-refractivity contribution in [3.8, 4) is 12.3 Å². The van der Waals surface area contributed by atoms with E-state index in [0.717, 1.165) is 6.20 Å². The molecule has 1 heterocycles. The van der Waals surface area contributed by atoms with Gasteiger partial charge in [0.1, 0.15) is 0 Å². The zero-order valence-electron chi connectivity index (χ0n) is 6.03. The quantitative estimate of drug-likeness (QED) is 0.315. The van der Waals surface area contributed by atoms with E-state index in [1.807, 2.05) is 0 Å². The number of rotatable bonds is 1. The van der Waals surface area contributed by atoms with Crippen molar-refractivity contribution in [2.45, 2.75) is 0 Å². The molecule has 3 nitrogen and oxygen atoms in total. The predicted molar refractivity (Wildman–Crippen MR) is 42.0 cm³/mol. The molecule has 0 radical (unpaired) electrons. The Kier molecular flexibility index (Phi) is 2.43. The first-order chi connectivity index (χ1) is 5.66. The number of hydrogen-bond donors (Lipinski definition) is 2. The summed E-state index contributed by atoms with van der Waals surface area (Å²) in [7, 11) is -1.93. The van der Waals surface area contributed by atoms with Gasteiger partial charge in [0.25, 0.3) is 0 Å². The fraction of sp³-hybridized carbons (Fsp3) is 0. The standard InChI is InChI=1S/C7H5BFNO2/c1-2-5-3-4-10-7(9)6(5)8(11)12/h1,3-4,11-12H. The van der Waals surface area contributed by atoms with E-state index in [0.29, 0.717) is 0 Å². The van der Waals surface area contributed by atoms with Crippen LogP contribution in [0.3, 0.4) is 0 Å². The van der Waals surface area contributed by atoms with Gasteiger partial charge in [-0.2, -0.15) is 4.39 Å². The summed E-state index contributed by atoms with van der Waals surface area (Å²) in [6.45, 7) is 0. The van der Waals surface area contributed by atoms with Crippen LogP contribution in [0, 0.1) is 18.3 Å². The van der Waals surface area contributed by atoms with E-state index in [1.165, 1.54) is 6.07 Å². The lowest BCUT2D eigenvalue weighted by molar-refractivity contribution is 0.421. The second-order valence-corrected chi connectivity index (χ2v) is 2.08. The summed E-state index contributed by atoms with van der Waals surface area (Å²) in [5, 5.41) is 17.4. The van der Waals surface area contributed by atoms with Crippen molar-refractivity contribution in [3.05, 3.63) is 23.8 Å². The van der Waals surface area contributed by atoms with E-state index in [-0.39, 0.29) is 11.0 Å². The van der Waals surface area contributed by atoms with E-state index in [2.05, 4.69) is 10.9 Å². The van der Waals surface area contributed by atoms with Crippen LogP contribution in [-0.4, -0.2) is 22.2 Å². The molecule has 0 bridgehead atoms. The van der Waals surface area contributed by atoms with Crippen molar-refractivity contribution in [1.29, 1.82) is 0 Å². The molecule has 1 aromatic rings. The first-order valence-electron chi connectivity index (χ1n) is 3.14. The van der Waals surface area contributed by atoms with Crippen LogP contribution in [-0.2, 0) is 0 Å². The molecular weight excluding hydrogens is 160 g/mol. The van der Waals surface area contributed by atoms with Gasteiger partial charge in [0.15, 0.2) is 0 Å². The van der Waals surface area contributed by atoms with Crippen molar-refractivity contribution >= 4 is 12.6 Å². The third-order valence-corrected chi connectivity index (χ3v) is 1.36. The number of nitrogens with zero attached hydrogens (tertiary/aromatic N) is 1. The maximum absolute atomic E-state index is 12.8. The molecular formula is C7H5BFNO2. The van der Waals surface area contributed by atoms with Gasteiger partial charge in [-0.25, -0.2) is 4.98 Å². The average molecular weight is 165 g/mol. The van der Waals surface area contributed by atoms with Crippen LogP contribution in [0.2, 0.25) is 0 Å². The van der Waals surface area contributed by atoms with Gasteiger partial charge in [-0.15, -0.1) is 6.42 Å². The zero-order chi connectivity index (χ0) is 9.14. The van der Waals surface area contributed by atoms with Crippen LogP contribution < -0.4 is 5.46 Å². The molecule has 0 saturated carbocycles. The normalized spacial score (nSPS) is 9.17. The summed E-state index contributed by atoms with van der Waals surface area (Å²) in [6.07, 6.45) is 6.15. The molecule has 12 heavy (non-hydrogen) atoms.